The van der Waals surface area contributed by atoms with E-state index in [4.69, 9.17) is 4.74 Å². The van der Waals surface area contributed by atoms with Crippen molar-refractivity contribution in [2.45, 2.75) is 28.8 Å². The molecule has 3 fully saturated rings. The van der Waals surface area contributed by atoms with Crippen LogP contribution in [0.1, 0.15) is 28.3 Å². The Hall–Kier alpha value is -3.88. The minimum atomic E-state index is -4.56. The lowest BCUT2D eigenvalue weighted by Crippen LogP contribution is -2.42. The number of rotatable bonds is 6. The molecule has 4 unspecified atom stereocenters. The molecule has 4 aliphatic rings. The summed E-state index contributed by atoms with van der Waals surface area (Å²) < 4.78 is 46.4. The first-order chi connectivity index (χ1) is 23.0. The van der Waals surface area contributed by atoms with E-state index in [1.54, 1.807) is 48.2 Å². The standard InChI is InChI=1S/C34H25BrF3N3O5S2/c35-16-9-10-22(46-14-23(42)39-17-6-4-5-15(11-17)34(36,37)38)19(12-16)24-25-20-13-21(28(25)47-30-29(24)48-33(45)40-30)27-26(20)31(43)41(32(27)44)18-7-2-1-3-8-18/h1-12,20-21,24-28H,13-14H2,(H,39,42)(H,40,45)/t20-,21-,24-,25?,26?,27?,28?/m1/s1. The van der Waals surface area contributed by atoms with Gasteiger partial charge >= 0.3 is 11.0 Å². The fraction of sp³-hybridized carbons (Fsp3) is 0.294. The van der Waals surface area contributed by atoms with Crippen molar-refractivity contribution in [3.63, 3.8) is 0 Å². The number of aromatic nitrogens is 1. The van der Waals surface area contributed by atoms with Crippen LogP contribution >= 0.6 is 39.0 Å². The van der Waals surface area contributed by atoms with E-state index in [-0.39, 0.29) is 51.3 Å². The number of carbonyl (C=O) groups is 3. The van der Waals surface area contributed by atoms with Crippen LogP contribution in [0.4, 0.5) is 24.5 Å². The van der Waals surface area contributed by atoms with E-state index < -0.39 is 36.1 Å². The quantitative estimate of drug-likeness (QED) is 0.207. The molecule has 14 heteroatoms. The third-order valence-electron chi connectivity index (χ3n) is 9.88. The van der Waals surface area contributed by atoms with Crippen molar-refractivity contribution in [2.24, 2.45) is 29.6 Å². The highest BCUT2D eigenvalue weighted by atomic mass is 79.9. The average Bonchev–Trinajstić information content (AvgIpc) is 3.79. The van der Waals surface area contributed by atoms with Gasteiger partial charge in [0, 0.05) is 31.8 Å². The molecule has 7 atom stereocenters. The zero-order chi connectivity index (χ0) is 33.5. The first-order valence-corrected chi connectivity index (χ1v) is 17.7. The summed E-state index contributed by atoms with van der Waals surface area (Å²) >= 11 is 6.23. The summed E-state index contributed by atoms with van der Waals surface area (Å²) in [4.78, 5) is 58.3. The van der Waals surface area contributed by atoms with Crippen LogP contribution in [-0.4, -0.2) is 34.6 Å². The first-order valence-electron chi connectivity index (χ1n) is 15.2. The number of H-pyrrole nitrogens is 1. The second-order valence-electron chi connectivity index (χ2n) is 12.4. The van der Waals surface area contributed by atoms with E-state index in [1.807, 2.05) is 12.1 Å². The Morgan fingerprint density at radius 1 is 0.979 bits per heavy atom. The maximum atomic E-state index is 14.0. The number of para-hydroxylation sites is 1. The summed E-state index contributed by atoms with van der Waals surface area (Å²) in [5.41, 5.74) is 0.372. The Morgan fingerprint density at radius 2 is 1.73 bits per heavy atom. The van der Waals surface area contributed by atoms with Crippen molar-refractivity contribution in [1.82, 2.24) is 4.98 Å². The number of aromatic amines is 1. The molecule has 0 spiro atoms. The lowest BCUT2D eigenvalue weighted by atomic mass is 9.68. The van der Waals surface area contributed by atoms with Crippen LogP contribution in [0.5, 0.6) is 5.75 Å². The number of hydrogen-bond acceptors (Lipinski definition) is 7. The molecule has 2 aliphatic heterocycles. The molecule has 1 aromatic heterocycles. The lowest BCUT2D eigenvalue weighted by Gasteiger charge is -2.43. The third-order valence-corrected chi connectivity index (χ3v) is 13.0. The van der Waals surface area contributed by atoms with E-state index >= 15 is 0 Å². The smallest absolute Gasteiger partial charge is 0.416 e. The second kappa shape index (κ2) is 11.6. The molecule has 0 radical (unpaired) electrons. The molecule has 3 heterocycles. The van der Waals surface area contributed by atoms with Crippen molar-refractivity contribution in [3.05, 3.63) is 103 Å². The van der Waals surface area contributed by atoms with E-state index in [0.717, 1.165) is 37.8 Å². The maximum absolute atomic E-state index is 14.0. The Bertz CT molecular complexity index is 2040. The Kier molecular flexibility index (Phi) is 7.60. The molecule has 246 valence electrons. The van der Waals surface area contributed by atoms with Gasteiger partial charge in [0.15, 0.2) is 6.61 Å². The summed E-state index contributed by atoms with van der Waals surface area (Å²) in [6, 6.07) is 18.7. The minimum Gasteiger partial charge on any atom is -0.483 e. The van der Waals surface area contributed by atoms with Gasteiger partial charge in [-0.1, -0.05) is 51.5 Å². The average molecular weight is 757 g/mol. The predicted molar refractivity (Wildman–Crippen MR) is 177 cm³/mol. The molecule has 8 nitrogen and oxygen atoms in total. The third kappa shape index (κ3) is 5.10. The van der Waals surface area contributed by atoms with E-state index in [9.17, 15) is 32.3 Å². The van der Waals surface area contributed by atoms with E-state index in [1.165, 1.54) is 17.0 Å². The van der Waals surface area contributed by atoms with Crippen LogP contribution in [0.25, 0.3) is 0 Å². The number of benzene rings is 3. The number of imide groups is 1. The van der Waals surface area contributed by atoms with Crippen molar-refractivity contribution < 1.29 is 32.3 Å². The minimum absolute atomic E-state index is 0.0137. The predicted octanol–water partition coefficient (Wildman–Crippen LogP) is 6.91. The number of amides is 3. The maximum Gasteiger partial charge on any atom is 0.416 e. The molecule has 48 heavy (non-hydrogen) atoms. The van der Waals surface area contributed by atoms with Gasteiger partial charge in [-0.3, -0.25) is 24.1 Å². The number of anilines is 2. The SMILES string of the molecule is O=C(COc1ccc(Br)cc1[C@H]1c2sc(=O)[nH]c2SC2C1[C@H]1C[C@@H]2C2C(=O)N(c3ccccc3)C(=O)C21)Nc1cccc(C(F)(F)F)c1. The van der Waals surface area contributed by atoms with Crippen molar-refractivity contribution in [2.75, 3.05) is 16.8 Å². The molecule has 3 amide bonds. The number of nitrogens with one attached hydrogen (secondary N) is 2. The highest BCUT2D eigenvalue weighted by Crippen LogP contribution is 2.69. The van der Waals surface area contributed by atoms with Crippen LogP contribution in [0.3, 0.4) is 0 Å². The van der Waals surface area contributed by atoms with E-state index in [2.05, 4.69) is 26.2 Å². The van der Waals surface area contributed by atoms with Gasteiger partial charge in [-0.25, -0.2) is 0 Å². The summed E-state index contributed by atoms with van der Waals surface area (Å²) in [6.07, 6.45) is -3.85. The van der Waals surface area contributed by atoms with Crippen molar-refractivity contribution >= 4 is 68.1 Å². The molecule has 8 rings (SSSR count). The number of fused-ring (bicyclic) bond motifs is 9. The first kappa shape index (κ1) is 31.4. The van der Waals surface area contributed by atoms with Gasteiger partial charge in [0.25, 0.3) is 5.91 Å². The summed E-state index contributed by atoms with van der Waals surface area (Å²) in [5.74, 6) is -2.27. The monoisotopic (exact) mass is 755 g/mol. The molecule has 2 bridgehead atoms. The Labute approximate surface area is 288 Å². The fourth-order valence-electron chi connectivity index (χ4n) is 8.20. The van der Waals surface area contributed by atoms with Crippen molar-refractivity contribution in [1.29, 1.82) is 0 Å². The highest BCUT2D eigenvalue weighted by Gasteiger charge is 2.69. The number of halogens is 4. The summed E-state index contributed by atoms with van der Waals surface area (Å²) in [7, 11) is 0. The number of thiazole rings is 1. The van der Waals surface area contributed by atoms with Gasteiger partial charge in [0.05, 0.1) is 28.1 Å². The normalized spacial score (nSPS) is 27.1. The van der Waals surface area contributed by atoms with Gasteiger partial charge in [-0.2, -0.15) is 13.2 Å². The Balaban J connectivity index is 1.12. The van der Waals surface area contributed by atoms with Gasteiger partial charge in [0.2, 0.25) is 11.8 Å². The van der Waals surface area contributed by atoms with Crippen LogP contribution in [0.2, 0.25) is 0 Å². The van der Waals surface area contributed by atoms with Gasteiger partial charge in [0.1, 0.15) is 5.75 Å². The Morgan fingerprint density at radius 3 is 2.48 bits per heavy atom. The zero-order valence-corrected chi connectivity index (χ0v) is 27.9. The summed E-state index contributed by atoms with van der Waals surface area (Å²) in [5, 5.41) is 3.14. The molecule has 3 aromatic carbocycles. The largest absolute Gasteiger partial charge is 0.483 e. The molecule has 2 saturated carbocycles. The fourth-order valence-corrected chi connectivity index (χ4v) is 11.5. The number of thioether (sulfide) groups is 1. The topological polar surface area (TPSA) is 109 Å². The number of ether oxygens (including phenoxy) is 1. The highest BCUT2D eigenvalue weighted by molar-refractivity contribution is 9.10. The molecule has 2 aliphatic carbocycles. The van der Waals surface area contributed by atoms with Gasteiger partial charge < -0.3 is 15.0 Å². The summed E-state index contributed by atoms with van der Waals surface area (Å²) in [6.45, 7) is -0.480. The number of alkyl halides is 3. The van der Waals surface area contributed by atoms with E-state index in [0.29, 0.717) is 23.4 Å². The number of carbonyl (C=O) groups excluding carboxylic acids is 3. The van der Waals surface area contributed by atoms with Gasteiger partial charge in [-0.05, 0) is 72.7 Å². The second-order valence-corrected chi connectivity index (χ2v) is 15.5. The number of hydrogen-bond donors (Lipinski definition) is 2. The molecular formula is C34H25BrF3N3O5S2. The van der Waals surface area contributed by atoms with Crippen LogP contribution in [0.15, 0.2) is 87.1 Å². The van der Waals surface area contributed by atoms with Crippen LogP contribution in [-0.2, 0) is 20.6 Å². The molecule has 1 saturated heterocycles. The molecular weight excluding hydrogens is 731 g/mol. The number of nitrogens with zero attached hydrogens (tertiary/aromatic N) is 1. The van der Waals surface area contributed by atoms with Gasteiger partial charge in [-0.15, -0.1) is 11.8 Å². The van der Waals surface area contributed by atoms with Crippen LogP contribution in [0, 0.1) is 29.6 Å². The molecule has 4 aromatic rings. The zero-order valence-electron chi connectivity index (χ0n) is 24.7. The lowest BCUT2D eigenvalue weighted by molar-refractivity contribution is -0.137. The molecule has 2 N–H and O–H groups in total. The van der Waals surface area contributed by atoms with Crippen LogP contribution < -0.4 is 19.8 Å². The van der Waals surface area contributed by atoms with Crippen molar-refractivity contribution in [3.8, 4) is 5.75 Å².